The van der Waals surface area contributed by atoms with E-state index in [1.54, 1.807) is 0 Å². The summed E-state index contributed by atoms with van der Waals surface area (Å²) in [7, 11) is 2.06. The van der Waals surface area contributed by atoms with Gasteiger partial charge in [-0.15, -0.1) is 10.2 Å². The van der Waals surface area contributed by atoms with Crippen LogP contribution in [0, 0.1) is 37.0 Å². The van der Waals surface area contributed by atoms with Gasteiger partial charge in [0.05, 0.1) is 5.75 Å². The molecule has 0 aliphatic heterocycles. The van der Waals surface area contributed by atoms with Crippen molar-refractivity contribution < 1.29 is 4.79 Å². The molecule has 0 saturated heterocycles. The van der Waals surface area contributed by atoms with Crippen molar-refractivity contribution in [2.24, 2.45) is 30.2 Å². The molecular weight excluding hydrogens is 392 g/mol. The average molecular weight is 425 g/mol. The highest BCUT2D eigenvalue weighted by molar-refractivity contribution is 7.99. The summed E-state index contributed by atoms with van der Waals surface area (Å²) in [5.41, 5.74) is 3.55. The van der Waals surface area contributed by atoms with Gasteiger partial charge in [0, 0.05) is 19.2 Å². The van der Waals surface area contributed by atoms with Crippen LogP contribution >= 0.6 is 11.8 Å². The van der Waals surface area contributed by atoms with Crippen molar-refractivity contribution in [3.63, 3.8) is 0 Å². The summed E-state index contributed by atoms with van der Waals surface area (Å²) in [4.78, 5) is 12.5. The lowest BCUT2D eigenvalue weighted by Crippen LogP contribution is -2.47. The molecule has 30 heavy (non-hydrogen) atoms. The Kier molecular flexibility index (Phi) is 5.16. The van der Waals surface area contributed by atoms with E-state index in [4.69, 9.17) is 0 Å². The molecule has 0 radical (unpaired) electrons. The van der Waals surface area contributed by atoms with Crippen LogP contribution in [0.2, 0.25) is 0 Å². The quantitative estimate of drug-likeness (QED) is 0.669. The number of thioether (sulfide) groups is 1. The number of para-hydroxylation sites is 1. The molecule has 4 saturated carbocycles. The van der Waals surface area contributed by atoms with Gasteiger partial charge in [0.1, 0.15) is 5.82 Å². The number of aromatic nitrogens is 3. The normalized spacial score (nSPS) is 29.4. The van der Waals surface area contributed by atoms with Gasteiger partial charge < -0.3 is 9.88 Å². The van der Waals surface area contributed by atoms with Crippen LogP contribution in [-0.4, -0.2) is 26.4 Å². The molecule has 2 aromatic rings. The predicted octanol–water partition coefficient (Wildman–Crippen LogP) is 4.92. The fourth-order valence-corrected chi connectivity index (χ4v) is 7.51. The molecule has 160 valence electrons. The fraction of sp³-hybridized carbons (Fsp3) is 0.625. The van der Waals surface area contributed by atoms with Crippen LogP contribution < -0.4 is 5.32 Å². The molecular formula is C24H32N4OS. The number of anilines is 1. The van der Waals surface area contributed by atoms with E-state index in [9.17, 15) is 4.79 Å². The number of nitrogens with one attached hydrogen (secondary N) is 1. The van der Waals surface area contributed by atoms with Crippen LogP contribution in [0.3, 0.4) is 0 Å². The van der Waals surface area contributed by atoms with Crippen LogP contribution in [0.25, 0.3) is 0 Å². The van der Waals surface area contributed by atoms with Gasteiger partial charge >= 0.3 is 0 Å². The molecule has 1 aromatic carbocycles. The van der Waals surface area contributed by atoms with Crippen molar-refractivity contribution in [2.75, 3.05) is 11.1 Å². The minimum absolute atomic E-state index is 0.00281. The van der Waals surface area contributed by atoms with Crippen LogP contribution in [0.5, 0.6) is 0 Å². The zero-order valence-corrected chi connectivity index (χ0v) is 19.1. The Morgan fingerprint density at radius 1 is 1.10 bits per heavy atom. The first kappa shape index (κ1) is 20.1. The molecule has 0 atom stereocenters. The van der Waals surface area contributed by atoms with Gasteiger partial charge in [-0.05, 0) is 86.7 Å². The number of amides is 1. The number of benzene rings is 1. The van der Waals surface area contributed by atoms with Gasteiger partial charge in [0.15, 0.2) is 5.16 Å². The Morgan fingerprint density at radius 3 is 2.30 bits per heavy atom. The van der Waals surface area contributed by atoms with E-state index in [-0.39, 0.29) is 5.91 Å². The highest BCUT2D eigenvalue weighted by Crippen LogP contribution is 2.60. The predicted molar refractivity (Wildman–Crippen MR) is 121 cm³/mol. The molecule has 0 unspecified atom stereocenters. The van der Waals surface area contributed by atoms with Gasteiger partial charge in [-0.3, -0.25) is 4.79 Å². The lowest BCUT2D eigenvalue weighted by molar-refractivity contribution is -0.113. The summed E-state index contributed by atoms with van der Waals surface area (Å²) in [5.74, 6) is 4.29. The summed E-state index contributed by atoms with van der Waals surface area (Å²) in [6, 6.07) is 6.06. The molecule has 6 heteroatoms. The smallest absolute Gasteiger partial charge is 0.234 e. The SMILES string of the molecule is Cc1cccc(C)c1NC(=O)CSc1nnc(CC23CC4CC(CC(C4)C2)C3)n1C. The average Bonchev–Trinajstić information content (AvgIpc) is 3.01. The highest BCUT2D eigenvalue weighted by Gasteiger charge is 2.51. The van der Waals surface area contributed by atoms with E-state index in [0.29, 0.717) is 11.2 Å². The first-order valence-corrected chi connectivity index (χ1v) is 12.3. The highest BCUT2D eigenvalue weighted by atomic mass is 32.2. The Labute approximate surface area is 183 Å². The van der Waals surface area contributed by atoms with Crippen molar-refractivity contribution in [3.8, 4) is 0 Å². The number of rotatable bonds is 6. The Hall–Kier alpha value is -1.82. The number of hydrogen-bond acceptors (Lipinski definition) is 4. The second kappa shape index (κ2) is 7.70. The maximum atomic E-state index is 12.5. The first-order chi connectivity index (χ1) is 14.4. The van der Waals surface area contributed by atoms with Crippen LogP contribution in [-0.2, 0) is 18.3 Å². The summed E-state index contributed by atoms with van der Waals surface area (Å²) in [6.07, 6.45) is 9.60. The molecule has 0 spiro atoms. The summed E-state index contributed by atoms with van der Waals surface area (Å²) >= 11 is 1.48. The number of carbonyl (C=O) groups is 1. The fourth-order valence-electron chi connectivity index (χ4n) is 6.78. The topological polar surface area (TPSA) is 59.8 Å². The monoisotopic (exact) mass is 424 g/mol. The van der Waals surface area contributed by atoms with Crippen molar-refractivity contribution >= 4 is 23.4 Å². The molecule has 1 aromatic heterocycles. The van der Waals surface area contributed by atoms with Gasteiger partial charge in [-0.2, -0.15) is 0 Å². The summed E-state index contributed by atoms with van der Waals surface area (Å²) < 4.78 is 2.12. The minimum Gasteiger partial charge on any atom is -0.325 e. The molecule has 1 N–H and O–H groups in total. The molecule has 4 aliphatic carbocycles. The molecule has 4 fully saturated rings. The zero-order valence-electron chi connectivity index (χ0n) is 18.3. The third-order valence-corrected chi connectivity index (χ3v) is 8.72. The molecule has 4 aliphatic rings. The molecule has 1 amide bonds. The van der Waals surface area contributed by atoms with Gasteiger partial charge in [-0.1, -0.05) is 30.0 Å². The van der Waals surface area contributed by atoms with Crippen molar-refractivity contribution in [1.82, 2.24) is 14.8 Å². The second-order valence-corrected chi connectivity index (χ2v) is 11.1. The molecule has 5 nitrogen and oxygen atoms in total. The maximum absolute atomic E-state index is 12.5. The standard InChI is InChI=1S/C24H32N4OS/c1-15-5-4-6-16(2)22(15)25-21(29)14-30-23-27-26-20(28(23)3)13-24-10-17-7-18(11-24)9-19(8-17)12-24/h4-6,17-19H,7-14H2,1-3H3,(H,25,29). The molecule has 4 bridgehead atoms. The summed E-state index contributed by atoms with van der Waals surface area (Å²) in [5, 5.41) is 12.9. The largest absolute Gasteiger partial charge is 0.325 e. The van der Waals surface area contributed by atoms with E-state index in [0.717, 1.165) is 52.0 Å². The van der Waals surface area contributed by atoms with Gasteiger partial charge in [0.2, 0.25) is 5.91 Å². The van der Waals surface area contributed by atoms with Gasteiger partial charge in [0.25, 0.3) is 0 Å². The third-order valence-electron chi connectivity index (χ3n) is 7.70. The van der Waals surface area contributed by atoms with Crippen molar-refractivity contribution in [3.05, 3.63) is 35.2 Å². The minimum atomic E-state index is 0.00281. The van der Waals surface area contributed by atoms with E-state index < -0.39 is 0 Å². The van der Waals surface area contributed by atoms with E-state index in [2.05, 4.69) is 27.1 Å². The lowest BCUT2D eigenvalue weighted by atomic mass is 9.49. The van der Waals surface area contributed by atoms with E-state index >= 15 is 0 Å². The van der Waals surface area contributed by atoms with E-state index in [1.807, 2.05) is 32.0 Å². The summed E-state index contributed by atoms with van der Waals surface area (Å²) in [6.45, 7) is 4.05. The molecule has 6 rings (SSSR count). The number of aryl methyl sites for hydroxylation is 2. The number of nitrogens with zero attached hydrogens (tertiary/aromatic N) is 3. The first-order valence-electron chi connectivity index (χ1n) is 11.3. The van der Waals surface area contributed by atoms with Crippen LogP contribution in [0.4, 0.5) is 5.69 Å². The lowest BCUT2D eigenvalue weighted by Gasteiger charge is -2.56. The van der Waals surface area contributed by atoms with Crippen molar-refractivity contribution in [1.29, 1.82) is 0 Å². The number of carbonyl (C=O) groups excluding carboxylic acids is 1. The van der Waals surface area contributed by atoms with Crippen LogP contribution in [0.15, 0.2) is 23.4 Å². The van der Waals surface area contributed by atoms with E-state index in [1.165, 1.54) is 50.3 Å². The number of hydrogen-bond donors (Lipinski definition) is 1. The Balaban J connectivity index is 1.22. The zero-order chi connectivity index (χ0) is 20.9. The second-order valence-electron chi connectivity index (χ2n) is 10.2. The molecule has 1 heterocycles. The van der Waals surface area contributed by atoms with Gasteiger partial charge in [-0.25, -0.2) is 0 Å². The Bertz CT molecular complexity index is 911. The van der Waals surface area contributed by atoms with Crippen LogP contribution in [0.1, 0.15) is 55.5 Å². The van der Waals surface area contributed by atoms with Crippen molar-refractivity contribution in [2.45, 2.75) is 63.9 Å². The maximum Gasteiger partial charge on any atom is 0.234 e. The third kappa shape index (κ3) is 3.79. The Morgan fingerprint density at radius 2 is 1.70 bits per heavy atom.